The van der Waals surface area contributed by atoms with Crippen LogP contribution in [0.5, 0.6) is 0 Å². The summed E-state index contributed by atoms with van der Waals surface area (Å²) in [4.78, 5) is 24.9. The van der Waals surface area contributed by atoms with Crippen molar-refractivity contribution in [1.82, 2.24) is 5.32 Å². The van der Waals surface area contributed by atoms with Gasteiger partial charge in [-0.2, -0.15) is 0 Å². The van der Waals surface area contributed by atoms with Crippen molar-refractivity contribution < 1.29 is 9.21 Å². The number of aryl methyl sites for hydroxylation is 3. The monoisotopic (exact) mass is 377 g/mol. The summed E-state index contributed by atoms with van der Waals surface area (Å²) in [6.07, 6.45) is 1.44. The third-order valence-corrected chi connectivity index (χ3v) is 5.27. The lowest BCUT2D eigenvalue weighted by atomic mass is 10.0. The van der Waals surface area contributed by atoms with Gasteiger partial charge in [-0.15, -0.1) is 0 Å². The van der Waals surface area contributed by atoms with E-state index in [0.29, 0.717) is 17.6 Å². The summed E-state index contributed by atoms with van der Waals surface area (Å²) in [5.41, 5.74) is 5.05. The van der Waals surface area contributed by atoms with Crippen LogP contribution in [-0.2, 0) is 11.2 Å². The Morgan fingerprint density at radius 2 is 1.71 bits per heavy atom. The molecule has 0 saturated heterocycles. The first-order valence-electron chi connectivity index (χ1n) is 9.78. The second kappa shape index (κ2) is 8.42. The second-order valence-corrected chi connectivity index (χ2v) is 7.43. The highest BCUT2D eigenvalue weighted by atomic mass is 16.4. The van der Waals surface area contributed by atoms with Crippen molar-refractivity contribution in [2.45, 2.75) is 53.0 Å². The largest absolute Gasteiger partial charge is 0.423 e. The number of carbonyl (C=O) groups excluding carboxylic acids is 1. The summed E-state index contributed by atoms with van der Waals surface area (Å²) < 4.78 is 5.48. The Labute approximate surface area is 165 Å². The quantitative estimate of drug-likeness (QED) is 0.620. The molecule has 2 aromatic carbocycles. The highest BCUT2D eigenvalue weighted by Gasteiger charge is 2.16. The third-order valence-electron chi connectivity index (χ3n) is 5.27. The van der Waals surface area contributed by atoms with E-state index >= 15 is 0 Å². The number of rotatable bonds is 6. The van der Waals surface area contributed by atoms with E-state index in [9.17, 15) is 9.59 Å². The van der Waals surface area contributed by atoms with Crippen LogP contribution in [0.1, 0.15) is 53.6 Å². The molecule has 1 atom stereocenters. The average Bonchev–Trinajstić information content (AvgIpc) is 2.66. The predicted octanol–water partition coefficient (Wildman–Crippen LogP) is 4.92. The van der Waals surface area contributed by atoms with Gasteiger partial charge in [-0.1, -0.05) is 48.9 Å². The van der Waals surface area contributed by atoms with E-state index in [4.69, 9.17) is 4.42 Å². The lowest BCUT2D eigenvalue weighted by Gasteiger charge is -2.18. The first-order chi connectivity index (χ1) is 13.4. The standard InChI is InChI=1S/C24H27NO3/c1-5-21(18-9-6-15(2)7-10-18)25-23(26)13-12-20-17(4)19-11-8-16(3)14-22(19)28-24(20)27/h6-11,14,21H,5,12-13H2,1-4H3,(H,25,26). The number of benzene rings is 2. The minimum absolute atomic E-state index is 0.0230. The molecule has 0 bridgehead atoms. The van der Waals surface area contributed by atoms with E-state index < -0.39 is 0 Å². The molecule has 0 aliphatic carbocycles. The van der Waals surface area contributed by atoms with Gasteiger partial charge in [-0.25, -0.2) is 4.79 Å². The SMILES string of the molecule is CCC(NC(=O)CCc1c(C)c2ccc(C)cc2oc1=O)c1ccc(C)cc1. The molecule has 4 nitrogen and oxygen atoms in total. The number of amides is 1. The normalized spacial score (nSPS) is 12.1. The summed E-state index contributed by atoms with van der Waals surface area (Å²) in [6, 6.07) is 14.0. The third kappa shape index (κ3) is 4.33. The molecule has 146 valence electrons. The first-order valence-corrected chi connectivity index (χ1v) is 9.78. The van der Waals surface area contributed by atoms with Crippen molar-refractivity contribution in [2.24, 2.45) is 0 Å². The van der Waals surface area contributed by atoms with Crippen molar-refractivity contribution in [1.29, 1.82) is 0 Å². The zero-order valence-electron chi connectivity index (χ0n) is 17.0. The molecule has 28 heavy (non-hydrogen) atoms. The summed E-state index contributed by atoms with van der Waals surface area (Å²) in [6.45, 7) is 7.98. The van der Waals surface area contributed by atoms with Gasteiger partial charge in [0.25, 0.3) is 0 Å². The fourth-order valence-corrected chi connectivity index (χ4v) is 3.52. The minimum atomic E-state index is -0.353. The Morgan fingerprint density at radius 3 is 2.39 bits per heavy atom. The van der Waals surface area contributed by atoms with Crippen molar-refractivity contribution >= 4 is 16.9 Å². The molecule has 1 amide bonds. The van der Waals surface area contributed by atoms with Gasteiger partial charge in [0.1, 0.15) is 5.58 Å². The number of nitrogens with one attached hydrogen (secondary N) is 1. The molecular weight excluding hydrogens is 350 g/mol. The Bertz CT molecular complexity index is 1050. The minimum Gasteiger partial charge on any atom is -0.423 e. The molecule has 0 radical (unpaired) electrons. The summed E-state index contributed by atoms with van der Waals surface area (Å²) in [7, 11) is 0. The molecule has 0 aliphatic heterocycles. The number of fused-ring (bicyclic) bond motifs is 1. The number of carbonyl (C=O) groups is 1. The van der Waals surface area contributed by atoms with Crippen LogP contribution in [-0.4, -0.2) is 5.91 Å². The maximum atomic E-state index is 12.5. The van der Waals surface area contributed by atoms with Gasteiger partial charge in [0.05, 0.1) is 6.04 Å². The van der Waals surface area contributed by atoms with Gasteiger partial charge in [0, 0.05) is 17.4 Å². The molecule has 3 rings (SSSR count). The smallest absolute Gasteiger partial charge is 0.339 e. The Hall–Kier alpha value is -2.88. The molecule has 1 unspecified atom stereocenters. The van der Waals surface area contributed by atoms with E-state index in [1.54, 1.807) is 0 Å². The van der Waals surface area contributed by atoms with Crippen molar-refractivity contribution in [3.05, 3.63) is 80.7 Å². The maximum absolute atomic E-state index is 12.5. The molecular formula is C24H27NO3. The number of hydrogen-bond acceptors (Lipinski definition) is 3. The summed E-state index contributed by atoms with van der Waals surface area (Å²) in [5, 5.41) is 4.01. The van der Waals surface area contributed by atoms with Crippen LogP contribution in [0.25, 0.3) is 11.0 Å². The molecule has 0 fully saturated rings. The van der Waals surface area contributed by atoms with Crippen LogP contribution in [0, 0.1) is 20.8 Å². The van der Waals surface area contributed by atoms with Crippen LogP contribution in [0.15, 0.2) is 51.7 Å². The molecule has 1 N–H and O–H groups in total. The summed E-state index contributed by atoms with van der Waals surface area (Å²) in [5.74, 6) is -0.0600. The van der Waals surface area contributed by atoms with E-state index in [1.165, 1.54) is 5.56 Å². The van der Waals surface area contributed by atoms with Crippen LogP contribution in [0.3, 0.4) is 0 Å². The van der Waals surface area contributed by atoms with Gasteiger partial charge >= 0.3 is 5.63 Å². The van der Waals surface area contributed by atoms with Crippen LogP contribution < -0.4 is 10.9 Å². The second-order valence-electron chi connectivity index (χ2n) is 7.43. The van der Waals surface area contributed by atoms with Crippen molar-refractivity contribution in [3.63, 3.8) is 0 Å². The molecule has 0 spiro atoms. The van der Waals surface area contributed by atoms with Crippen molar-refractivity contribution in [2.75, 3.05) is 0 Å². The fraction of sp³-hybridized carbons (Fsp3) is 0.333. The van der Waals surface area contributed by atoms with E-state index in [1.807, 2.05) is 51.1 Å². The number of hydrogen-bond donors (Lipinski definition) is 1. The lowest BCUT2D eigenvalue weighted by Crippen LogP contribution is -2.28. The molecule has 4 heteroatoms. The van der Waals surface area contributed by atoms with Crippen LogP contribution in [0.4, 0.5) is 0 Å². The van der Waals surface area contributed by atoms with Crippen LogP contribution in [0.2, 0.25) is 0 Å². The first kappa shape index (κ1) is 19.9. The maximum Gasteiger partial charge on any atom is 0.339 e. The van der Waals surface area contributed by atoms with Gasteiger partial charge in [0.2, 0.25) is 5.91 Å². The lowest BCUT2D eigenvalue weighted by molar-refractivity contribution is -0.121. The summed E-state index contributed by atoms with van der Waals surface area (Å²) >= 11 is 0. The van der Waals surface area contributed by atoms with Gasteiger partial charge < -0.3 is 9.73 Å². The van der Waals surface area contributed by atoms with E-state index in [2.05, 4.69) is 24.4 Å². The molecule has 0 saturated carbocycles. The van der Waals surface area contributed by atoms with E-state index in [0.717, 1.165) is 28.5 Å². The predicted molar refractivity (Wildman–Crippen MR) is 113 cm³/mol. The van der Waals surface area contributed by atoms with Gasteiger partial charge in [-0.05, 0) is 56.4 Å². The average molecular weight is 377 g/mol. The molecule has 1 heterocycles. The Kier molecular flexibility index (Phi) is 5.98. The van der Waals surface area contributed by atoms with Crippen molar-refractivity contribution in [3.8, 4) is 0 Å². The van der Waals surface area contributed by atoms with Gasteiger partial charge in [-0.3, -0.25) is 4.79 Å². The van der Waals surface area contributed by atoms with E-state index in [-0.39, 0.29) is 24.0 Å². The highest BCUT2D eigenvalue weighted by Crippen LogP contribution is 2.22. The van der Waals surface area contributed by atoms with Gasteiger partial charge in [0.15, 0.2) is 0 Å². The topological polar surface area (TPSA) is 59.3 Å². The highest BCUT2D eigenvalue weighted by molar-refractivity contribution is 5.82. The fourth-order valence-electron chi connectivity index (χ4n) is 3.52. The molecule has 0 aliphatic rings. The van der Waals surface area contributed by atoms with Crippen LogP contribution >= 0.6 is 0 Å². The molecule has 1 aromatic heterocycles. The zero-order chi connectivity index (χ0) is 20.3. The Balaban J connectivity index is 1.72. The molecule has 3 aromatic rings. The zero-order valence-corrected chi connectivity index (χ0v) is 17.0. The Morgan fingerprint density at radius 1 is 1.04 bits per heavy atom.